The molecule has 0 aliphatic rings. The normalized spacial score (nSPS) is 12.8. The molecule has 0 saturated carbocycles. The fraction of sp³-hybridized carbons (Fsp3) is 0.538. The monoisotopic (exact) mass is 263 g/mol. The Morgan fingerprint density at radius 1 is 1.06 bits per heavy atom. The molecule has 1 aromatic carbocycles. The fourth-order valence-corrected chi connectivity index (χ4v) is 1.50. The summed E-state index contributed by atoms with van der Waals surface area (Å²) in [6, 6.07) is 2.59. The molecule has 18 heavy (non-hydrogen) atoms. The van der Waals surface area contributed by atoms with E-state index in [0.29, 0.717) is 18.2 Å². The molecule has 0 amide bonds. The highest BCUT2D eigenvalue weighted by molar-refractivity contribution is 5.26. The van der Waals surface area contributed by atoms with Gasteiger partial charge in [0, 0.05) is 13.1 Å². The van der Waals surface area contributed by atoms with Crippen molar-refractivity contribution in [3.05, 3.63) is 35.1 Å². The zero-order valence-electron chi connectivity index (χ0n) is 10.7. The second-order valence-electron chi connectivity index (χ2n) is 5.51. The SMILES string of the molecule is CC(C)(C)CNCc1cc(F)cc(C(F)(F)F)c1. The highest BCUT2D eigenvalue weighted by atomic mass is 19.4. The number of hydrogen-bond acceptors (Lipinski definition) is 1. The van der Waals surface area contributed by atoms with Gasteiger partial charge in [-0.3, -0.25) is 0 Å². The van der Waals surface area contributed by atoms with E-state index in [9.17, 15) is 17.6 Å². The summed E-state index contributed by atoms with van der Waals surface area (Å²) < 4.78 is 50.5. The maximum absolute atomic E-state index is 13.1. The molecule has 0 bridgehead atoms. The summed E-state index contributed by atoms with van der Waals surface area (Å²) >= 11 is 0. The van der Waals surface area contributed by atoms with Crippen LogP contribution in [0.25, 0.3) is 0 Å². The van der Waals surface area contributed by atoms with Gasteiger partial charge in [0.15, 0.2) is 0 Å². The van der Waals surface area contributed by atoms with E-state index >= 15 is 0 Å². The molecule has 0 fully saturated rings. The van der Waals surface area contributed by atoms with Crippen molar-refractivity contribution in [3.63, 3.8) is 0 Å². The summed E-state index contributed by atoms with van der Waals surface area (Å²) in [5.74, 6) is -0.864. The third kappa shape index (κ3) is 5.04. The predicted octanol–water partition coefficient (Wildman–Crippen LogP) is 3.98. The summed E-state index contributed by atoms with van der Waals surface area (Å²) in [4.78, 5) is 0. The van der Waals surface area contributed by atoms with E-state index in [2.05, 4.69) is 5.32 Å². The summed E-state index contributed by atoms with van der Waals surface area (Å²) in [7, 11) is 0. The van der Waals surface area contributed by atoms with Gasteiger partial charge in [0.1, 0.15) is 5.82 Å². The van der Waals surface area contributed by atoms with Crippen LogP contribution in [-0.2, 0) is 12.7 Å². The molecule has 5 heteroatoms. The molecule has 0 aliphatic heterocycles. The average molecular weight is 263 g/mol. The lowest BCUT2D eigenvalue weighted by molar-refractivity contribution is -0.137. The molecule has 1 rings (SSSR count). The van der Waals surface area contributed by atoms with Gasteiger partial charge >= 0.3 is 6.18 Å². The lowest BCUT2D eigenvalue weighted by Gasteiger charge is -2.19. The molecule has 0 atom stereocenters. The summed E-state index contributed by atoms with van der Waals surface area (Å²) in [6.45, 7) is 6.88. The smallest absolute Gasteiger partial charge is 0.312 e. The first-order valence-corrected chi connectivity index (χ1v) is 5.65. The van der Waals surface area contributed by atoms with Crippen molar-refractivity contribution in [1.82, 2.24) is 5.32 Å². The Kier molecular flexibility index (Phi) is 4.37. The first-order valence-electron chi connectivity index (χ1n) is 5.65. The van der Waals surface area contributed by atoms with Crippen molar-refractivity contribution in [2.75, 3.05) is 6.54 Å². The van der Waals surface area contributed by atoms with E-state index in [1.807, 2.05) is 20.8 Å². The second kappa shape index (κ2) is 5.26. The third-order valence-corrected chi connectivity index (χ3v) is 2.27. The van der Waals surface area contributed by atoms with Crippen molar-refractivity contribution in [2.45, 2.75) is 33.5 Å². The fourth-order valence-electron chi connectivity index (χ4n) is 1.50. The van der Waals surface area contributed by atoms with Crippen LogP contribution in [0.2, 0.25) is 0 Å². The third-order valence-electron chi connectivity index (χ3n) is 2.27. The molecule has 1 nitrogen and oxygen atoms in total. The van der Waals surface area contributed by atoms with Crippen LogP contribution < -0.4 is 5.32 Å². The van der Waals surface area contributed by atoms with Gasteiger partial charge in [-0.2, -0.15) is 13.2 Å². The summed E-state index contributed by atoms with van der Waals surface area (Å²) in [5, 5.41) is 3.01. The van der Waals surface area contributed by atoms with Gasteiger partial charge in [-0.15, -0.1) is 0 Å². The molecule has 1 N–H and O–H groups in total. The lowest BCUT2D eigenvalue weighted by Crippen LogP contribution is -2.26. The van der Waals surface area contributed by atoms with Crippen molar-refractivity contribution >= 4 is 0 Å². The topological polar surface area (TPSA) is 12.0 Å². The van der Waals surface area contributed by atoms with E-state index in [4.69, 9.17) is 0 Å². The molecular formula is C13H17F4N. The molecular weight excluding hydrogens is 246 g/mol. The van der Waals surface area contributed by atoms with Crippen molar-refractivity contribution < 1.29 is 17.6 Å². The Bertz CT molecular complexity index is 404. The molecule has 0 saturated heterocycles. The number of halogens is 4. The zero-order chi connectivity index (χ0) is 14.0. The number of rotatable bonds is 3. The van der Waals surface area contributed by atoms with Crippen molar-refractivity contribution in [2.24, 2.45) is 5.41 Å². The Hall–Kier alpha value is -1.10. The van der Waals surface area contributed by atoms with Gasteiger partial charge in [0.2, 0.25) is 0 Å². The number of benzene rings is 1. The summed E-state index contributed by atoms with van der Waals surface area (Å²) in [5.41, 5.74) is -0.623. The molecule has 0 aliphatic carbocycles. The standard InChI is InChI=1S/C13H17F4N/c1-12(2,3)8-18-7-9-4-10(13(15,16)17)6-11(14)5-9/h4-6,18H,7-8H2,1-3H3. The Balaban J connectivity index is 2.75. The average Bonchev–Trinajstić information content (AvgIpc) is 2.13. The predicted molar refractivity (Wildman–Crippen MR) is 62.6 cm³/mol. The van der Waals surface area contributed by atoms with Crippen LogP contribution in [-0.4, -0.2) is 6.54 Å². The minimum Gasteiger partial charge on any atom is -0.312 e. The number of alkyl halides is 3. The van der Waals surface area contributed by atoms with Crippen LogP contribution in [0.1, 0.15) is 31.9 Å². The van der Waals surface area contributed by atoms with Crippen LogP contribution >= 0.6 is 0 Å². The van der Waals surface area contributed by atoms with Gasteiger partial charge in [0.25, 0.3) is 0 Å². The van der Waals surface area contributed by atoms with Crippen molar-refractivity contribution in [3.8, 4) is 0 Å². The molecule has 102 valence electrons. The molecule has 0 aromatic heterocycles. The second-order valence-corrected chi connectivity index (χ2v) is 5.51. The van der Waals surface area contributed by atoms with E-state index in [-0.39, 0.29) is 12.0 Å². The van der Waals surface area contributed by atoms with Crippen LogP contribution in [0.5, 0.6) is 0 Å². The molecule has 0 unspecified atom stereocenters. The first kappa shape index (κ1) is 15.0. The van der Waals surface area contributed by atoms with Crippen LogP contribution in [0.4, 0.5) is 17.6 Å². The maximum Gasteiger partial charge on any atom is 0.416 e. The minimum atomic E-state index is -4.51. The van der Waals surface area contributed by atoms with Crippen molar-refractivity contribution in [1.29, 1.82) is 0 Å². The van der Waals surface area contributed by atoms with Gasteiger partial charge in [-0.25, -0.2) is 4.39 Å². The summed E-state index contributed by atoms with van der Waals surface area (Å²) in [6.07, 6.45) is -4.51. The van der Waals surface area contributed by atoms with Gasteiger partial charge in [0.05, 0.1) is 5.56 Å². The van der Waals surface area contributed by atoms with E-state index < -0.39 is 17.6 Å². The van der Waals surface area contributed by atoms with E-state index in [1.54, 1.807) is 0 Å². The molecule has 0 heterocycles. The van der Waals surface area contributed by atoms with Gasteiger partial charge < -0.3 is 5.32 Å². The molecule has 0 spiro atoms. The molecule has 0 radical (unpaired) electrons. The quantitative estimate of drug-likeness (QED) is 0.813. The van der Waals surface area contributed by atoms with Crippen LogP contribution in [0, 0.1) is 11.2 Å². The minimum absolute atomic E-state index is 0.0280. The van der Waals surface area contributed by atoms with E-state index in [1.165, 1.54) is 0 Å². The highest BCUT2D eigenvalue weighted by Gasteiger charge is 2.31. The maximum atomic E-state index is 13.1. The number of hydrogen-bond donors (Lipinski definition) is 1. The van der Waals surface area contributed by atoms with Gasteiger partial charge in [-0.05, 0) is 29.2 Å². The first-order chi connectivity index (χ1) is 8.08. The van der Waals surface area contributed by atoms with Gasteiger partial charge in [-0.1, -0.05) is 20.8 Å². The van der Waals surface area contributed by atoms with Crippen LogP contribution in [0.3, 0.4) is 0 Å². The molecule has 1 aromatic rings. The highest BCUT2D eigenvalue weighted by Crippen LogP contribution is 2.30. The Labute approximate surface area is 104 Å². The number of nitrogens with one attached hydrogen (secondary N) is 1. The van der Waals surface area contributed by atoms with Crippen LogP contribution in [0.15, 0.2) is 18.2 Å². The Morgan fingerprint density at radius 3 is 2.17 bits per heavy atom. The zero-order valence-corrected chi connectivity index (χ0v) is 10.7. The largest absolute Gasteiger partial charge is 0.416 e. The van der Waals surface area contributed by atoms with E-state index in [0.717, 1.165) is 12.1 Å². The Morgan fingerprint density at radius 2 is 1.67 bits per heavy atom. The lowest BCUT2D eigenvalue weighted by atomic mass is 9.97.